The number of likely N-dealkylation sites (tertiary alicyclic amines) is 1. The predicted octanol–water partition coefficient (Wildman–Crippen LogP) is 3.20. The summed E-state index contributed by atoms with van der Waals surface area (Å²) in [5.41, 5.74) is 4.28. The van der Waals surface area contributed by atoms with Crippen LogP contribution < -0.4 is 9.47 Å². The van der Waals surface area contributed by atoms with Crippen LogP contribution in [0.3, 0.4) is 0 Å². The lowest BCUT2D eigenvalue weighted by Crippen LogP contribution is -2.59. The second kappa shape index (κ2) is 5.07. The van der Waals surface area contributed by atoms with Crippen molar-refractivity contribution in [1.29, 1.82) is 0 Å². The first-order valence-electron chi connectivity index (χ1n) is 9.83. The van der Waals surface area contributed by atoms with Gasteiger partial charge in [0.2, 0.25) is 0 Å². The Morgan fingerprint density at radius 1 is 1.19 bits per heavy atom. The topological polar surface area (TPSA) is 30.9 Å². The summed E-state index contributed by atoms with van der Waals surface area (Å²) >= 11 is 0. The van der Waals surface area contributed by atoms with Crippen LogP contribution in [0.5, 0.6) is 11.5 Å². The van der Waals surface area contributed by atoms with Gasteiger partial charge in [0.1, 0.15) is 5.76 Å². The van der Waals surface area contributed by atoms with Crippen molar-refractivity contribution in [1.82, 2.24) is 4.90 Å². The van der Waals surface area contributed by atoms with Crippen molar-refractivity contribution in [3.05, 3.63) is 46.7 Å². The second-order valence-electron chi connectivity index (χ2n) is 8.40. The van der Waals surface area contributed by atoms with Gasteiger partial charge in [-0.05, 0) is 54.9 Å². The molecule has 3 atom stereocenters. The minimum Gasteiger partial charge on any atom is -0.497 e. The molecule has 136 valence electrons. The highest BCUT2D eigenvalue weighted by Gasteiger charge is 2.62. The van der Waals surface area contributed by atoms with Gasteiger partial charge in [-0.3, -0.25) is 4.90 Å². The van der Waals surface area contributed by atoms with Crippen molar-refractivity contribution in [3.8, 4) is 11.5 Å². The van der Waals surface area contributed by atoms with E-state index in [1.807, 2.05) is 0 Å². The number of hydrogen-bond acceptors (Lipinski definition) is 4. The van der Waals surface area contributed by atoms with Gasteiger partial charge in [-0.2, -0.15) is 0 Å². The molecule has 0 aromatic heterocycles. The molecule has 1 saturated carbocycles. The van der Waals surface area contributed by atoms with Gasteiger partial charge < -0.3 is 14.2 Å². The normalized spacial score (nSPS) is 33.8. The van der Waals surface area contributed by atoms with E-state index in [2.05, 4.69) is 29.2 Å². The number of ether oxygens (including phenoxy) is 3. The quantitative estimate of drug-likeness (QED) is 0.834. The molecule has 0 radical (unpaired) electrons. The lowest BCUT2D eigenvalue weighted by atomic mass is 9.57. The Morgan fingerprint density at radius 2 is 2.08 bits per heavy atom. The van der Waals surface area contributed by atoms with E-state index in [-0.39, 0.29) is 11.5 Å². The number of benzene rings is 1. The molecule has 1 saturated heterocycles. The third kappa shape index (κ3) is 1.74. The molecule has 3 aliphatic carbocycles. The van der Waals surface area contributed by atoms with Crippen molar-refractivity contribution < 1.29 is 14.2 Å². The van der Waals surface area contributed by atoms with Crippen molar-refractivity contribution in [2.45, 2.75) is 43.2 Å². The first-order valence-corrected chi connectivity index (χ1v) is 9.83. The minimum atomic E-state index is -0.0672. The molecule has 6 rings (SSSR count). The average Bonchev–Trinajstić information content (AvgIpc) is 3.41. The third-order valence-corrected chi connectivity index (χ3v) is 7.19. The zero-order valence-corrected chi connectivity index (χ0v) is 15.5. The lowest BCUT2D eigenvalue weighted by molar-refractivity contribution is 0.0624. The summed E-state index contributed by atoms with van der Waals surface area (Å²) in [7, 11) is 3.49. The Hall–Kier alpha value is -1.94. The fourth-order valence-corrected chi connectivity index (χ4v) is 5.85. The third-order valence-electron chi connectivity index (χ3n) is 7.19. The van der Waals surface area contributed by atoms with E-state index in [1.165, 1.54) is 36.1 Å². The minimum absolute atomic E-state index is 0.0524. The van der Waals surface area contributed by atoms with Crippen LogP contribution in [0.1, 0.15) is 30.4 Å². The van der Waals surface area contributed by atoms with Gasteiger partial charge in [-0.15, -0.1) is 0 Å². The molecule has 1 aromatic rings. The van der Waals surface area contributed by atoms with Crippen molar-refractivity contribution in [2.24, 2.45) is 5.92 Å². The molecule has 1 aromatic carbocycles. The molecule has 26 heavy (non-hydrogen) atoms. The average molecular weight is 351 g/mol. The largest absolute Gasteiger partial charge is 0.497 e. The smallest absolute Gasteiger partial charge is 0.169 e. The van der Waals surface area contributed by atoms with E-state index in [4.69, 9.17) is 14.2 Å². The summed E-state index contributed by atoms with van der Waals surface area (Å²) in [5, 5.41) is 0. The molecule has 2 unspecified atom stereocenters. The predicted molar refractivity (Wildman–Crippen MR) is 98.7 cm³/mol. The molecular weight excluding hydrogens is 326 g/mol. The van der Waals surface area contributed by atoms with E-state index in [0.717, 1.165) is 42.6 Å². The molecule has 0 amide bonds. The monoisotopic (exact) mass is 351 g/mol. The van der Waals surface area contributed by atoms with Gasteiger partial charge in [-0.1, -0.05) is 12.1 Å². The van der Waals surface area contributed by atoms with E-state index in [1.54, 1.807) is 14.2 Å². The summed E-state index contributed by atoms with van der Waals surface area (Å²) in [6.07, 6.45) is 9.41. The Kier molecular flexibility index (Phi) is 2.95. The van der Waals surface area contributed by atoms with Crippen LogP contribution in [0, 0.1) is 5.92 Å². The fourth-order valence-electron chi connectivity index (χ4n) is 5.85. The number of allylic oxidation sites excluding steroid dienone is 2. The van der Waals surface area contributed by atoms with E-state index in [9.17, 15) is 0 Å². The van der Waals surface area contributed by atoms with E-state index >= 15 is 0 Å². The zero-order valence-electron chi connectivity index (χ0n) is 15.5. The zero-order chi connectivity index (χ0) is 17.5. The SMILES string of the molecule is COC1=CC=C2C3Cc4ccc(OC)c5c4C2(CCN3CC2CC2)[C@@H]1O5. The van der Waals surface area contributed by atoms with Crippen molar-refractivity contribution in [3.63, 3.8) is 0 Å². The summed E-state index contributed by atoms with van der Waals surface area (Å²) in [6, 6.07) is 4.84. The van der Waals surface area contributed by atoms with Crippen molar-refractivity contribution >= 4 is 0 Å². The maximum Gasteiger partial charge on any atom is 0.169 e. The standard InChI is InChI=1S/C22H25NO3/c1-24-17-7-5-14-11-16-15-6-8-18(25-2)21-22(15,19(14)20(17)26-21)9-10-23(16)12-13-3-4-13/h5-8,13,16,21H,3-4,9-12H2,1-2H3/t16?,21-,22?/m1/s1. The van der Waals surface area contributed by atoms with E-state index < -0.39 is 0 Å². The molecule has 1 spiro atoms. The van der Waals surface area contributed by atoms with Gasteiger partial charge in [0.15, 0.2) is 17.6 Å². The fraction of sp³-hybridized carbons (Fsp3) is 0.545. The van der Waals surface area contributed by atoms with E-state index in [0.29, 0.717) is 6.04 Å². The summed E-state index contributed by atoms with van der Waals surface area (Å²) in [5.74, 6) is 3.65. The molecule has 2 bridgehead atoms. The van der Waals surface area contributed by atoms with Crippen LogP contribution >= 0.6 is 0 Å². The van der Waals surface area contributed by atoms with Gasteiger partial charge >= 0.3 is 0 Å². The van der Waals surface area contributed by atoms with Crippen LogP contribution in [0.25, 0.3) is 0 Å². The number of rotatable bonds is 4. The van der Waals surface area contributed by atoms with Crippen LogP contribution in [-0.4, -0.2) is 44.4 Å². The molecule has 4 heteroatoms. The number of hydrogen-bond donors (Lipinski definition) is 0. The molecule has 2 aliphatic heterocycles. The number of piperidine rings is 1. The first-order chi connectivity index (χ1) is 12.8. The van der Waals surface area contributed by atoms with Crippen LogP contribution in [0.4, 0.5) is 0 Å². The Labute approximate surface area is 154 Å². The molecule has 5 aliphatic rings. The summed E-state index contributed by atoms with van der Waals surface area (Å²) < 4.78 is 17.9. The molecule has 2 heterocycles. The maximum atomic E-state index is 6.56. The number of methoxy groups -OCH3 is 2. The second-order valence-corrected chi connectivity index (χ2v) is 8.40. The van der Waals surface area contributed by atoms with Crippen LogP contribution in [0.2, 0.25) is 0 Å². The molecule has 2 fully saturated rings. The van der Waals surface area contributed by atoms with Crippen LogP contribution in [0.15, 0.2) is 35.6 Å². The van der Waals surface area contributed by atoms with Gasteiger partial charge in [-0.25, -0.2) is 0 Å². The highest BCUT2D eigenvalue weighted by atomic mass is 16.6. The molecular formula is C22H25NO3. The summed E-state index contributed by atoms with van der Waals surface area (Å²) in [6.45, 7) is 2.40. The van der Waals surface area contributed by atoms with Gasteiger partial charge in [0.25, 0.3) is 0 Å². The summed E-state index contributed by atoms with van der Waals surface area (Å²) in [4.78, 5) is 2.74. The van der Waals surface area contributed by atoms with Gasteiger partial charge in [0, 0.05) is 24.7 Å². The van der Waals surface area contributed by atoms with Gasteiger partial charge in [0.05, 0.1) is 19.6 Å². The number of nitrogens with zero attached hydrogens (tertiary/aromatic N) is 1. The first kappa shape index (κ1) is 15.2. The Morgan fingerprint density at radius 3 is 2.85 bits per heavy atom. The van der Waals surface area contributed by atoms with Crippen LogP contribution in [-0.2, 0) is 16.6 Å². The highest BCUT2D eigenvalue weighted by molar-refractivity contribution is 5.67. The Balaban J connectivity index is 1.56. The highest BCUT2D eigenvalue weighted by Crippen LogP contribution is 2.62. The molecule has 0 N–H and O–H groups in total. The lowest BCUT2D eigenvalue weighted by Gasteiger charge is -2.53. The maximum absolute atomic E-state index is 6.56. The van der Waals surface area contributed by atoms with Crippen molar-refractivity contribution in [2.75, 3.05) is 27.3 Å². The molecule has 4 nitrogen and oxygen atoms in total. The Bertz CT molecular complexity index is 853.